The lowest BCUT2D eigenvalue weighted by molar-refractivity contribution is 0.184. The molecule has 15 heavy (non-hydrogen) atoms. The summed E-state index contributed by atoms with van der Waals surface area (Å²) < 4.78 is 0. The van der Waals surface area contributed by atoms with Gasteiger partial charge in [-0.05, 0) is 31.1 Å². The Hall–Kier alpha value is -0.0800. The fourth-order valence-electron chi connectivity index (χ4n) is 1.07. The average molecular weight is 214 g/mol. The van der Waals surface area contributed by atoms with Crippen molar-refractivity contribution in [2.75, 3.05) is 13.1 Å². The molecule has 0 aromatic rings. The number of nitrogens with two attached hydrogens (primary N) is 1. The van der Waals surface area contributed by atoms with Gasteiger partial charge in [-0.15, -0.1) is 0 Å². The summed E-state index contributed by atoms with van der Waals surface area (Å²) in [4.78, 5) is 0. The highest BCUT2D eigenvalue weighted by molar-refractivity contribution is 4.91. The van der Waals surface area contributed by atoms with E-state index in [1.54, 1.807) is 0 Å². The predicted octanol–water partition coefficient (Wildman–Crippen LogP) is 2.78. The van der Waals surface area contributed by atoms with Gasteiger partial charge in [0.15, 0.2) is 0 Å². The zero-order chi connectivity index (χ0) is 12.3. The molecule has 0 aromatic heterocycles. The third kappa shape index (κ3) is 4.98. The van der Waals surface area contributed by atoms with E-state index in [0.717, 1.165) is 13.1 Å². The van der Waals surface area contributed by atoms with Gasteiger partial charge in [-0.25, -0.2) is 0 Å². The monoisotopic (exact) mass is 214 g/mol. The van der Waals surface area contributed by atoms with Crippen LogP contribution in [0.5, 0.6) is 0 Å². The maximum absolute atomic E-state index is 6.16. The van der Waals surface area contributed by atoms with Crippen molar-refractivity contribution in [3.8, 4) is 0 Å². The van der Waals surface area contributed by atoms with Gasteiger partial charge in [0.1, 0.15) is 0 Å². The zero-order valence-corrected chi connectivity index (χ0v) is 11.7. The molecule has 0 rings (SSSR count). The van der Waals surface area contributed by atoms with Crippen molar-refractivity contribution < 1.29 is 0 Å². The van der Waals surface area contributed by atoms with Gasteiger partial charge in [-0.1, -0.05) is 34.6 Å². The van der Waals surface area contributed by atoms with Crippen molar-refractivity contribution in [1.82, 2.24) is 5.32 Å². The molecule has 2 nitrogen and oxygen atoms in total. The lowest BCUT2D eigenvalue weighted by atomic mass is 9.75. The Balaban J connectivity index is 4.07. The maximum atomic E-state index is 6.16. The van der Waals surface area contributed by atoms with E-state index in [1.165, 1.54) is 6.42 Å². The van der Waals surface area contributed by atoms with E-state index in [0.29, 0.717) is 5.41 Å². The molecule has 0 spiro atoms. The first-order valence-electron chi connectivity index (χ1n) is 6.01. The van der Waals surface area contributed by atoms with E-state index < -0.39 is 0 Å². The van der Waals surface area contributed by atoms with Crippen LogP contribution in [0.3, 0.4) is 0 Å². The molecule has 0 aliphatic carbocycles. The molecule has 0 atom stereocenters. The van der Waals surface area contributed by atoms with Crippen molar-refractivity contribution in [1.29, 1.82) is 0 Å². The molecular weight excluding hydrogens is 184 g/mol. The molecule has 0 saturated carbocycles. The second-order valence-corrected chi connectivity index (χ2v) is 6.73. The van der Waals surface area contributed by atoms with Crippen LogP contribution in [0.1, 0.15) is 54.9 Å². The van der Waals surface area contributed by atoms with Crippen LogP contribution in [0.2, 0.25) is 0 Å². The van der Waals surface area contributed by atoms with Gasteiger partial charge in [0.2, 0.25) is 0 Å². The van der Waals surface area contributed by atoms with Gasteiger partial charge >= 0.3 is 0 Å². The summed E-state index contributed by atoms with van der Waals surface area (Å²) in [5.41, 5.74) is 6.52. The Morgan fingerprint density at radius 3 is 1.73 bits per heavy atom. The van der Waals surface area contributed by atoms with Crippen LogP contribution in [0.4, 0.5) is 0 Å². The first kappa shape index (κ1) is 14.9. The molecule has 0 aliphatic rings. The molecule has 0 fully saturated rings. The van der Waals surface area contributed by atoms with Gasteiger partial charge in [0.25, 0.3) is 0 Å². The molecule has 0 amide bonds. The van der Waals surface area contributed by atoms with Gasteiger partial charge in [0.05, 0.1) is 0 Å². The fourth-order valence-corrected chi connectivity index (χ4v) is 1.07. The highest BCUT2D eigenvalue weighted by Gasteiger charge is 2.33. The molecule has 0 aliphatic heterocycles. The first-order chi connectivity index (χ1) is 6.52. The van der Waals surface area contributed by atoms with Gasteiger partial charge in [-0.3, -0.25) is 0 Å². The Morgan fingerprint density at radius 1 is 0.933 bits per heavy atom. The second-order valence-electron chi connectivity index (χ2n) is 6.73. The molecular formula is C13H30N2. The molecule has 0 saturated heterocycles. The van der Waals surface area contributed by atoms with Crippen LogP contribution in [-0.2, 0) is 0 Å². The van der Waals surface area contributed by atoms with Crippen LogP contribution in [-0.4, -0.2) is 18.6 Å². The maximum Gasteiger partial charge on any atom is 0.0161 e. The zero-order valence-electron chi connectivity index (χ0n) is 11.7. The predicted molar refractivity (Wildman–Crippen MR) is 69.0 cm³/mol. The molecule has 2 heteroatoms. The van der Waals surface area contributed by atoms with Crippen LogP contribution in [0.15, 0.2) is 0 Å². The Kier molecular flexibility index (Phi) is 4.81. The van der Waals surface area contributed by atoms with Crippen LogP contribution >= 0.6 is 0 Å². The number of hydrogen-bond acceptors (Lipinski definition) is 2. The standard InChI is InChI=1S/C13H30N2/c1-8-11(2,3)9-15-10-12(4,5)13(6,7)14/h15H,8-10,14H2,1-7H3. The summed E-state index contributed by atoms with van der Waals surface area (Å²) in [6, 6.07) is 0. The highest BCUT2D eigenvalue weighted by Crippen LogP contribution is 2.27. The normalized spacial score (nSPS) is 14.4. The average Bonchev–Trinajstić information content (AvgIpc) is 2.01. The lowest BCUT2D eigenvalue weighted by Crippen LogP contribution is -2.52. The number of rotatable bonds is 6. The van der Waals surface area contributed by atoms with Crippen molar-refractivity contribution in [3.63, 3.8) is 0 Å². The minimum Gasteiger partial charge on any atom is -0.325 e. The molecule has 0 heterocycles. The summed E-state index contributed by atoms with van der Waals surface area (Å²) in [5.74, 6) is 0. The summed E-state index contributed by atoms with van der Waals surface area (Å²) in [7, 11) is 0. The number of hydrogen-bond donors (Lipinski definition) is 2. The third-order valence-electron chi connectivity index (χ3n) is 3.87. The van der Waals surface area contributed by atoms with Gasteiger partial charge in [0, 0.05) is 18.6 Å². The third-order valence-corrected chi connectivity index (χ3v) is 3.87. The topological polar surface area (TPSA) is 38.0 Å². The number of nitrogens with one attached hydrogen (secondary N) is 1. The quantitative estimate of drug-likeness (QED) is 0.713. The minimum absolute atomic E-state index is 0.122. The Bertz CT molecular complexity index is 187. The fraction of sp³-hybridized carbons (Fsp3) is 1.00. The van der Waals surface area contributed by atoms with E-state index in [4.69, 9.17) is 5.73 Å². The first-order valence-corrected chi connectivity index (χ1v) is 6.01. The van der Waals surface area contributed by atoms with E-state index in [2.05, 4.69) is 53.8 Å². The van der Waals surface area contributed by atoms with Gasteiger partial charge in [-0.2, -0.15) is 0 Å². The minimum atomic E-state index is -0.143. The van der Waals surface area contributed by atoms with Crippen molar-refractivity contribution >= 4 is 0 Å². The largest absolute Gasteiger partial charge is 0.325 e. The molecule has 0 unspecified atom stereocenters. The molecule has 0 bridgehead atoms. The van der Waals surface area contributed by atoms with E-state index in [9.17, 15) is 0 Å². The molecule has 92 valence electrons. The Morgan fingerprint density at radius 2 is 1.40 bits per heavy atom. The van der Waals surface area contributed by atoms with Crippen LogP contribution in [0.25, 0.3) is 0 Å². The SMILES string of the molecule is CCC(C)(C)CNCC(C)(C)C(C)(C)N. The highest BCUT2D eigenvalue weighted by atomic mass is 14.9. The summed E-state index contributed by atoms with van der Waals surface area (Å²) in [5, 5.41) is 3.54. The second kappa shape index (κ2) is 4.84. The van der Waals surface area contributed by atoms with Crippen molar-refractivity contribution in [2.45, 2.75) is 60.4 Å². The summed E-state index contributed by atoms with van der Waals surface area (Å²) >= 11 is 0. The summed E-state index contributed by atoms with van der Waals surface area (Å²) in [6.45, 7) is 17.5. The van der Waals surface area contributed by atoms with Crippen molar-refractivity contribution in [2.24, 2.45) is 16.6 Å². The van der Waals surface area contributed by atoms with Gasteiger partial charge < -0.3 is 11.1 Å². The molecule has 3 N–H and O–H groups in total. The van der Waals surface area contributed by atoms with Crippen LogP contribution < -0.4 is 11.1 Å². The Labute approximate surface area is 96.0 Å². The van der Waals surface area contributed by atoms with E-state index in [-0.39, 0.29) is 11.0 Å². The molecule has 0 aromatic carbocycles. The van der Waals surface area contributed by atoms with E-state index >= 15 is 0 Å². The van der Waals surface area contributed by atoms with Crippen LogP contribution in [0, 0.1) is 10.8 Å². The lowest BCUT2D eigenvalue weighted by Gasteiger charge is -2.39. The summed E-state index contributed by atoms with van der Waals surface area (Å²) in [6.07, 6.45) is 1.20. The smallest absolute Gasteiger partial charge is 0.0161 e. The molecule has 0 radical (unpaired) electrons. The van der Waals surface area contributed by atoms with E-state index in [1.807, 2.05) is 0 Å². The van der Waals surface area contributed by atoms with Crippen molar-refractivity contribution in [3.05, 3.63) is 0 Å².